The molecule has 0 spiro atoms. The van der Waals surface area contributed by atoms with Gasteiger partial charge in [-0.15, -0.1) is 11.8 Å². The Labute approximate surface area is 212 Å². The molecule has 178 valence electrons. The molecule has 0 fully saturated rings. The van der Waals surface area contributed by atoms with E-state index in [4.69, 9.17) is 10.7 Å². The third-order valence-electron chi connectivity index (χ3n) is 5.60. The van der Waals surface area contributed by atoms with E-state index < -0.39 is 5.91 Å². The van der Waals surface area contributed by atoms with Crippen molar-refractivity contribution in [2.45, 2.75) is 11.4 Å². The van der Waals surface area contributed by atoms with Gasteiger partial charge < -0.3 is 11.1 Å². The lowest BCUT2D eigenvalue weighted by atomic mass is 10.1. The lowest BCUT2D eigenvalue weighted by Gasteiger charge is -2.12. The lowest BCUT2D eigenvalue weighted by Crippen LogP contribution is -2.15. The average molecular weight is 494 g/mol. The van der Waals surface area contributed by atoms with Crippen LogP contribution in [0.4, 0.5) is 5.69 Å². The molecule has 2 amide bonds. The number of amides is 2. The molecule has 5 aromatic rings. The minimum absolute atomic E-state index is 0.122. The van der Waals surface area contributed by atoms with Crippen LogP contribution in [0.2, 0.25) is 0 Å². The Morgan fingerprint density at radius 1 is 0.917 bits per heavy atom. The van der Waals surface area contributed by atoms with Crippen molar-refractivity contribution < 1.29 is 9.59 Å². The van der Waals surface area contributed by atoms with Gasteiger partial charge in [0.1, 0.15) is 0 Å². The summed E-state index contributed by atoms with van der Waals surface area (Å²) in [7, 11) is 0. The van der Waals surface area contributed by atoms with Crippen molar-refractivity contribution in [2.24, 2.45) is 5.73 Å². The van der Waals surface area contributed by atoms with Crippen molar-refractivity contribution in [1.29, 1.82) is 0 Å². The van der Waals surface area contributed by atoms with Crippen LogP contribution >= 0.6 is 11.8 Å². The van der Waals surface area contributed by atoms with E-state index in [-0.39, 0.29) is 11.7 Å². The predicted octanol–water partition coefficient (Wildman–Crippen LogP) is 4.98. The summed E-state index contributed by atoms with van der Waals surface area (Å²) in [5.74, 6) is -0.585. The SMILES string of the molecule is NC(=O)CSc1ccccc1NC(=O)c1cc(-c2ccccc2)nc2c1cnn2Cc1ccccc1. The van der Waals surface area contributed by atoms with Gasteiger partial charge in [0.2, 0.25) is 5.91 Å². The van der Waals surface area contributed by atoms with Gasteiger partial charge in [-0.1, -0.05) is 72.8 Å². The number of carbonyl (C=O) groups is 2. The second-order valence-electron chi connectivity index (χ2n) is 8.15. The van der Waals surface area contributed by atoms with E-state index in [0.29, 0.717) is 34.5 Å². The van der Waals surface area contributed by atoms with Crippen molar-refractivity contribution >= 4 is 40.3 Å². The molecular formula is C28H23N5O2S. The monoisotopic (exact) mass is 493 g/mol. The number of carbonyl (C=O) groups excluding carboxylic acids is 2. The van der Waals surface area contributed by atoms with E-state index in [1.54, 1.807) is 18.3 Å². The van der Waals surface area contributed by atoms with E-state index in [0.717, 1.165) is 16.0 Å². The topological polar surface area (TPSA) is 103 Å². The molecule has 3 N–H and O–H groups in total. The van der Waals surface area contributed by atoms with Crippen molar-refractivity contribution in [2.75, 3.05) is 11.1 Å². The molecule has 8 heteroatoms. The number of hydrogen-bond acceptors (Lipinski definition) is 5. The second-order valence-corrected chi connectivity index (χ2v) is 9.17. The normalized spacial score (nSPS) is 10.9. The number of nitrogens with zero attached hydrogens (tertiary/aromatic N) is 3. The number of rotatable bonds is 8. The predicted molar refractivity (Wildman–Crippen MR) is 143 cm³/mol. The molecule has 2 aromatic heterocycles. The van der Waals surface area contributed by atoms with Crippen molar-refractivity contribution in [1.82, 2.24) is 14.8 Å². The number of para-hydroxylation sites is 1. The van der Waals surface area contributed by atoms with Crippen LogP contribution < -0.4 is 11.1 Å². The van der Waals surface area contributed by atoms with Gasteiger partial charge in [0, 0.05) is 10.5 Å². The third-order valence-corrected chi connectivity index (χ3v) is 6.70. The highest BCUT2D eigenvalue weighted by Gasteiger charge is 2.19. The number of nitrogens with two attached hydrogens (primary N) is 1. The summed E-state index contributed by atoms with van der Waals surface area (Å²) < 4.78 is 1.81. The fourth-order valence-electron chi connectivity index (χ4n) is 3.90. The Morgan fingerprint density at radius 2 is 1.61 bits per heavy atom. The molecule has 2 heterocycles. The number of fused-ring (bicyclic) bond motifs is 1. The number of anilines is 1. The second kappa shape index (κ2) is 10.5. The number of thioether (sulfide) groups is 1. The summed E-state index contributed by atoms with van der Waals surface area (Å²) in [6.07, 6.45) is 1.68. The molecule has 0 radical (unpaired) electrons. The van der Waals surface area contributed by atoms with E-state index in [1.165, 1.54) is 11.8 Å². The van der Waals surface area contributed by atoms with Crippen LogP contribution in [0.1, 0.15) is 15.9 Å². The van der Waals surface area contributed by atoms with Gasteiger partial charge >= 0.3 is 0 Å². The lowest BCUT2D eigenvalue weighted by molar-refractivity contribution is -0.115. The van der Waals surface area contributed by atoms with E-state index in [1.807, 2.05) is 83.5 Å². The highest BCUT2D eigenvalue weighted by molar-refractivity contribution is 8.00. The van der Waals surface area contributed by atoms with E-state index in [9.17, 15) is 9.59 Å². The number of primary amides is 1. The average Bonchev–Trinajstić information content (AvgIpc) is 3.31. The summed E-state index contributed by atoms with van der Waals surface area (Å²) >= 11 is 1.28. The molecule has 3 aromatic carbocycles. The number of pyridine rings is 1. The van der Waals surface area contributed by atoms with Crippen molar-refractivity contribution in [3.63, 3.8) is 0 Å². The molecule has 0 aliphatic heterocycles. The molecular weight excluding hydrogens is 470 g/mol. The largest absolute Gasteiger partial charge is 0.369 e. The highest BCUT2D eigenvalue weighted by Crippen LogP contribution is 2.29. The quantitative estimate of drug-likeness (QED) is 0.297. The zero-order valence-corrected chi connectivity index (χ0v) is 20.1. The van der Waals surface area contributed by atoms with Gasteiger partial charge in [-0.3, -0.25) is 9.59 Å². The summed E-state index contributed by atoms with van der Waals surface area (Å²) in [4.78, 5) is 30.5. The fourth-order valence-corrected chi connectivity index (χ4v) is 4.65. The van der Waals surface area contributed by atoms with Gasteiger partial charge in [0.05, 0.1) is 40.8 Å². The Morgan fingerprint density at radius 3 is 2.36 bits per heavy atom. The first kappa shape index (κ1) is 23.3. The maximum Gasteiger partial charge on any atom is 0.256 e. The number of hydrogen-bond donors (Lipinski definition) is 2. The maximum absolute atomic E-state index is 13.6. The molecule has 0 atom stereocenters. The van der Waals surface area contributed by atoms with Crippen molar-refractivity contribution in [3.8, 4) is 11.3 Å². The highest BCUT2D eigenvalue weighted by atomic mass is 32.2. The van der Waals surface area contributed by atoms with Crippen LogP contribution in [0.25, 0.3) is 22.3 Å². The zero-order chi connectivity index (χ0) is 24.9. The molecule has 0 bridgehead atoms. The van der Waals surface area contributed by atoms with Crippen LogP contribution in [0, 0.1) is 0 Å². The molecule has 5 rings (SSSR count). The van der Waals surface area contributed by atoms with Crippen molar-refractivity contribution in [3.05, 3.63) is 108 Å². The van der Waals surface area contributed by atoms with Gasteiger partial charge in [-0.25, -0.2) is 9.67 Å². The maximum atomic E-state index is 13.6. The van der Waals surface area contributed by atoms with Gasteiger partial charge in [-0.05, 0) is 23.8 Å². The van der Waals surface area contributed by atoms with Gasteiger partial charge in [-0.2, -0.15) is 5.10 Å². The Kier molecular flexibility index (Phi) is 6.77. The van der Waals surface area contributed by atoms with Gasteiger partial charge in [0.25, 0.3) is 5.91 Å². The number of nitrogens with one attached hydrogen (secondary N) is 1. The van der Waals surface area contributed by atoms with E-state index in [2.05, 4.69) is 10.4 Å². The molecule has 0 saturated carbocycles. The zero-order valence-electron chi connectivity index (χ0n) is 19.3. The smallest absolute Gasteiger partial charge is 0.256 e. The molecule has 7 nitrogen and oxygen atoms in total. The Bertz CT molecular complexity index is 1530. The summed E-state index contributed by atoms with van der Waals surface area (Å²) in [6.45, 7) is 0.531. The minimum atomic E-state index is -0.421. The Balaban J connectivity index is 1.56. The van der Waals surface area contributed by atoms with Crippen LogP contribution in [0.3, 0.4) is 0 Å². The van der Waals surface area contributed by atoms with Crippen LogP contribution in [0.15, 0.2) is 102 Å². The third kappa shape index (κ3) is 5.13. The summed E-state index contributed by atoms with van der Waals surface area (Å²) in [5.41, 5.74) is 9.68. The fraction of sp³-hybridized carbons (Fsp3) is 0.0714. The summed E-state index contributed by atoms with van der Waals surface area (Å²) in [5, 5.41) is 8.22. The minimum Gasteiger partial charge on any atom is -0.369 e. The van der Waals surface area contributed by atoms with Gasteiger partial charge in [0.15, 0.2) is 5.65 Å². The first-order chi connectivity index (χ1) is 17.6. The molecule has 0 aliphatic rings. The van der Waals surface area contributed by atoms with Crippen LogP contribution in [-0.4, -0.2) is 32.3 Å². The van der Waals surface area contributed by atoms with E-state index >= 15 is 0 Å². The molecule has 0 aliphatic carbocycles. The number of aromatic nitrogens is 3. The Hall–Kier alpha value is -4.43. The molecule has 36 heavy (non-hydrogen) atoms. The summed E-state index contributed by atoms with van der Waals surface area (Å²) in [6, 6.07) is 28.9. The molecule has 0 saturated heterocycles. The number of benzene rings is 3. The molecule has 0 unspecified atom stereocenters. The van der Waals surface area contributed by atoms with Crippen LogP contribution in [0.5, 0.6) is 0 Å². The first-order valence-corrected chi connectivity index (χ1v) is 12.3. The first-order valence-electron chi connectivity index (χ1n) is 11.4. The van der Waals surface area contributed by atoms with Crippen LogP contribution in [-0.2, 0) is 11.3 Å². The standard InChI is InChI=1S/C28H23N5O2S/c29-26(34)18-36-25-14-8-7-13-23(25)32-28(35)21-15-24(20-11-5-2-6-12-20)31-27-22(21)16-30-33(27)17-19-9-3-1-4-10-19/h1-16H,17-18H2,(H2,29,34)(H,32,35).